The minimum atomic E-state index is -1.52. The Bertz CT molecular complexity index is 1560. The van der Waals surface area contributed by atoms with Crippen LogP contribution in [0.3, 0.4) is 0 Å². The zero-order valence-corrected chi connectivity index (χ0v) is 26.5. The molecule has 0 saturated carbocycles. The number of benzene rings is 2. The third-order valence-electron chi connectivity index (χ3n) is 9.46. The zero-order valence-electron chi connectivity index (χ0n) is 25.8. The van der Waals surface area contributed by atoms with Gasteiger partial charge in [-0.15, -0.1) is 0 Å². The number of nitrogens with zero attached hydrogens (tertiary/aromatic N) is 2. The van der Waals surface area contributed by atoms with Crippen molar-refractivity contribution in [2.75, 3.05) is 24.7 Å². The van der Waals surface area contributed by atoms with Gasteiger partial charge >= 0.3 is 5.97 Å². The van der Waals surface area contributed by atoms with Crippen LogP contribution in [0.25, 0.3) is 0 Å². The van der Waals surface area contributed by atoms with Gasteiger partial charge in [-0.2, -0.15) is 0 Å². The maximum Gasteiger partial charge on any atom is 0.306 e. The Labute approximate surface area is 273 Å². The number of likely N-dealkylation sites (tertiary alicyclic amines) is 1. The van der Waals surface area contributed by atoms with Gasteiger partial charge in [-0.25, -0.2) is 0 Å². The summed E-state index contributed by atoms with van der Waals surface area (Å²) in [5.41, 5.74) is -0.300. The Morgan fingerprint density at radius 2 is 1.76 bits per heavy atom. The average molecular weight is 648 g/mol. The first kappa shape index (κ1) is 32.0. The molecule has 11 heteroatoms. The minimum Gasteiger partial charge on any atom is -0.463 e. The Balaban J connectivity index is 1.47. The summed E-state index contributed by atoms with van der Waals surface area (Å²) in [6, 6.07) is 13.6. The number of anilines is 1. The number of aliphatic hydroxyl groups is 1. The summed E-state index contributed by atoms with van der Waals surface area (Å²) in [4.78, 5) is 59.3. The standard InChI is InChI=1S/C35H38ClN3O7/c1-21(2)26(19-40)39-31-34(44)38(25-14-7-6-13-23(25)36)18-10-17-35(31)30(33(39)43)29-27(46-35)15-8-9-16-28(41)45-20-24(37-32(29)42)22-11-4-3-5-12-22/h3-8,10-15,17,21,24,26-27,29-31,40H,9,16,18-20H2,1-2H3,(H,37,42)/b15-8-/t24-,26+,27+,29-,30-,31+,35-/m1/s1. The molecule has 0 bridgehead atoms. The third kappa shape index (κ3) is 5.52. The number of allylic oxidation sites excluding steroid dienone is 1. The number of amides is 3. The van der Waals surface area contributed by atoms with Gasteiger partial charge in [0, 0.05) is 13.0 Å². The molecule has 0 aromatic heterocycles. The van der Waals surface area contributed by atoms with Crippen molar-refractivity contribution in [3.8, 4) is 0 Å². The molecule has 10 nitrogen and oxygen atoms in total. The first-order valence-corrected chi connectivity index (χ1v) is 16.1. The number of carbonyl (C=O) groups is 4. The molecular formula is C35H38ClN3O7. The maximum absolute atomic E-state index is 14.7. The lowest BCUT2D eigenvalue weighted by molar-refractivity contribution is -0.147. The van der Waals surface area contributed by atoms with E-state index in [4.69, 9.17) is 21.1 Å². The zero-order chi connectivity index (χ0) is 32.6. The fraction of sp³-hybridized carbons (Fsp3) is 0.429. The molecule has 2 fully saturated rings. The summed E-state index contributed by atoms with van der Waals surface area (Å²) in [5.74, 6) is -4.03. The van der Waals surface area contributed by atoms with Gasteiger partial charge in [0.15, 0.2) is 0 Å². The molecule has 1 spiro atoms. The summed E-state index contributed by atoms with van der Waals surface area (Å²) < 4.78 is 12.3. The van der Waals surface area contributed by atoms with Crippen LogP contribution in [0.1, 0.15) is 38.3 Å². The van der Waals surface area contributed by atoms with E-state index < -0.39 is 65.4 Å². The molecule has 0 aliphatic carbocycles. The van der Waals surface area contributed by atoms with Crippen LogP contribution in [0.4, 0.5) is 5.69 Å². The highest BCUT2D eigenvalue weighted by atomic mass is 35.5. The quantitative estimate of drug-likeness (QED) is 0.375. The number of cyclic esters (lactones) is 1. The van der Waals surface area contributed by atoms with Gasteiger partial charge in [-0.05, 0) is 30.0 Å². The number of esters is 1. The highest BCUT2D eigenvalue weighted by Crippen LogP contribution is 2.54. The van der Waals surface area contributed by atoms with E-state index in [1.165, 1.54) is 9.80 Å². The van der Waals surface area contributed by atoms with Crippen LogP contribution < -0.4 is 10.2 Å². The lowest BCUT2D eigenvalue weighted by atomic mass is 9.77. The van der Waals surface area contributed by atoms with Crippen LogP contribution in [-0.4, -0.2) is 77.2 Å². The van der Waals surface area contributed by atoms with E-state index in [1.807, 2.05) is 44.2 Å². The summed E-state index contributed by atoms with van der Waals surface area (Å²) >= 11 is 6.55. The Hall–Kier alpha value is -3.99. The van der Waals surface area contributed by atoms with E-state index in [2.05, 4.69) is 5.32 Å². The minimum absolute atomic E-state index is 0.0832. The van der Waals surface area contributed by atoms with Gasteiger partial charge < -0.3 is 29.7 Å². The topological polar surface area (TPSA) is 125 Å². The van der Waals surface area contributed by atoms with Crippen molar-refractivity contribution in [2.45, 2.75) is 56.5 Å². The second-order valence-electron chi connectivity index (χ2n) is 12.5. The van der Waals surface area contributed by atoms with E-state index in [1.54, 1.807) is 48.6 Å². The maximum atomic E-state index is 14.7. The second-order valence-corrected chi connectivity index (χ2v) is 12.9. The molecule has 4 aliphatic rings. The fourth-order valence-electron chi connectivity index (χ4n) is 7.24. The highest BCUT2D eigenvalue weighted by molar-refractivity contribution is 6.34. The molecule has 2 saturated heterocycles. The molecular weight excluding hydrogens is 610 g/mol. The van der Waals surface area contributed by atoms with Crippen LogP contribution >= 0.6 is 11.6 Å². The first-order valence-electron chi connectivity index (χ1n) is 15.7. The molecule has 0 unspecified atom stereocenters. The van der Waals surface area contributed by atoms with E-state index >= 15 is 0 Å². The van der Waals surface area contributed by atoms with E-state index in [0.717, 1.165) is 5.56 Å². The molecule has 2 N–H and O–H groups in total. The van der Waals surface area contributed by atoms with E-state index in [-0.39, 0.29) is 32.1 Å². The molecule has 46 heavy (non-hydrogen) atoms. The Kier molecular flexibility index (Phi) is 9.05. The number of ether oxygens (including phenoxy) is 2. The molecule has 6 rings (SSSR count). The largest absolute Gasteiger partial charge is 0.463 e. The predicted molar refractivity (Wildman–Crippen MR) is 171 cm³/mol. The van der Waals surface area contributed by atoms with Gasteiger partial charge in [0.1, 0.15) is 18.2 Å². The van der Waals surface area contributed by atoms with E-state index in [9.17, 15) is 24.3 Å². The molecule has 2 aromatic carbocycles. The monoisotopic (exact) mass is 647 g/mol. The number of fused-ring (bicyclic) bond motifs is 2. The molecule has 3 amide bonds. The number of hydrogen-bond acceptors (Lipinski definition) is 7. The summed E-state index contributed by atoms with van der Waals surface area (Å²) in [6.07, 6.45) is 6.59. The number of aliphatic hydroxyl groups excluding tert-OH is 1. The van der Waals surface area contributed by atoms with Crippen LogP contribution in [0.5, 0.6) is 0 Å². The smallest absolute Gasteiger partial charge is 0.306 e. The summed E-state index contributed by atoms with van der Waals surface area (Å²) in [5, 5.41) is 14.0. The summed E-state index contributed by atoms with van der Waals surface area (Å²) in [7, 11) is 0. The SMILES string of the molecule is CC(C)[C@H](CO)N1C(=O)[C@H]2[C@@H]3C(=O)N[C@@H](c4ccccc4)COC(=O)CC/C=C\[C@@H]3O[C@]23C=CCN(c2ccccc2Cl)C(=O)[C@H]13. The predicted octanol–water partition coefficient (Wildman–Crippen LogP) is 3.59. The summed E-state index contributed by atoms with van der Waals surface area (Å²) in [6.45, 7) is 3.45. The Morgan fingerprint density at radius 1 is 1.02 bits per heavy atom. The lowest BCUT2D eigenvalue weighted by Gasteiger charge is -2.40. The molecule has 242 valence electrons. The van der Waals surface area contributed by atoms with E-state index in [0.29, 0.717) is 17.1 Å². The number of nitrogens with one attached hydrogen (secondary N) is 1. The molecule has 0 radical (unpaired) electrons. The van der Waals surface area contributed by atoms with Crippen LogP contribution in [-0.2, 0) is 28.7 Å². The van der Waals surface area contributed by atoms with Crippen LogP contribution in [0, 0.1) is 17.8 Å². The molecule has 7 atom stereocenters. The van der Waals surface area contributed by atoms with Gasteiger partial charge in [-0.1, -0.05) is 92.2 Å². The fourth-order valence-corrected chi connectivity index (χ4v) is 7.48. The van der Waals surface area contributed by atoms with Crippen LogP contribution in [0.2, 0.25) is 5.02 Å². The Morgan fingerprint density at radius 3 is 2.48 bits per heavy atom. The molecule has 2 aromatic rings. The van der Waals surface area contributed by atoms with Gasteiger partial charge in [0.25, 0.3) is 5.91 Å². The number of hydrogen-bond donors (Lipinski definition) is 2. The number of rotatable bonds is 5. The van der Waals surface area contributed by atoms with Crippen molar-refractivity contribution in [2.24, 2.45) is 17.8 Å². The average Bonchev–Trinajstić information content (AvgIpc) is 3.43. The van der Waals surface area contributed by atoms with Gasteiger partial charge in [0.2, 0.25) is 11.8 Å². The van der Waals surface area contributed by atoms with Crippen molar-refractivity contribution < 1.29 is 33.8 Å². The van der Waals surface area contributed by atoms with Crippen molar-refractivity contribution >= 4 is 41.0 Å². The third-order valence-corrected chi connectivity index (χ3v) is 9.78. The molecule has 4 heterocycles. The van der Waals surface area contributed by atoms with Crippen molar-refractivity contribution in [1.82, 2.24) is 10.2 Å². The first-order chi connectivity index (χ1) is 22.2. The highest BCUT2D eigenvalue weighted by Gasteiger charge is 2.72. The number of halogens is 1. The van der Waals surface area contributed by atoms with Crippen molar-refractivity contribution in [3.63, 3.8) is 0 Å². The second kappa shape index (κ2) is 13.0. The number of para-hydroxylation sites is 1. The normalized spacial score (nSPS) is 31.2. The van der Waals surface area contributed by atoms with Gasteiger partial charge in [0.05, 0.1) is 47.3 Å². The van der Waals surface area contributed by atoms with Crippen molar-refractivity contribution in [3.05, 3.63) is 89.5 Å². The number of carbonyl (C=O) groups excluding carboxylic acids is 4. The van der Waals surface area contributed by atoms with Gasteiger partial charge in [-0.3, -0.25) is 19.2 Å². The van der Waals surface area contributed by atoms with Crippen LogP contribution in [0.15, 0.2) is 78.9 Å². The lowest BCUT2D eigenvalue weighted by Crippen LogP contribution is -2.59. The van der Waals surface area contributed by atoms with Crippen molar-refractivity contribution in [1.29, 1.82) is 0 Å². The molecule has 4 aliphatic heterocycles.